The van der Waals surface area contributed by atoms with Crippen LogP contribution in [0.15, 0.2) is 29.3 Å². The summed E-state index contributed by atoms with van der Waals surface area (Å²) in [6.07, 6.45) is 2.29. The smallest absolute Gasteiger partial charge is 0.194 e. The molecule has 0 radical (unpaired) electrons. The standard InChI is InChI=1S/C17H24FN3O/c1-2-19-16(20-11-14-5-3-4-6-15(14)18)21-9-7-17(12-21)8-10-22-13-17/h3-6H,2,7-13H2,1H3,(H,19,20). The van der Waals surface area contributed by atoms with Crippen molar-refractivity contribution in [2.75, 3.05) is 32.8 Å². The molecule has 2 aliphatic rings. The van der Waals surface area contributed by atoms with Crippen LogP contribution >= 0.6 is 0 Å². The van der Waals surface area contributed by atoms with Crippen LogP contribution in [0.1, 0.15) is 25.3 Å². The van der Waals surface area contributed by atoms with Crippen LogP contribution in [0.25, 0.3) is 0 Å². The zero-order chi connectivity index (χ0) is 15.4. The fourth-order valence-electron chi connectivity index (χ4n) is 3.30. The molecule has 4 nitrogen and oxygen atoms in total. The molecule has 0 aromatic heterocycles. The van der Waals surface area contributed by atoms with Gasteiger partial charge >= 0.3 is 0 Å². The number of nitrogens with one attached hydrogen (secondary N) is 1. The molecule has 1 N–H and O–H groups in total. The van der Waals surface area contributed by atoms with E-state index in [4.69, 9.17) is 4.74 Å². The van der Waals surface area contributed by atoms with Crippen molar-refractivity contribution in [1.82, 2.24) is 10.2 Å². The number of benzene rings is 1. The second-order valence-electron chi connectivity index (χ2n) is 6.24. The van der Waals surface area contributed by atoms with E-state index in [2.05, 4.69) is 22.1 Å². The van der Waals surface area contributed by atoms with E-state index in [0.717, 1.165) is 51.6 Å². The van der Waals surface area contributed by atoms with Gasteiger partial charge in [-0.25, -0.2) is 9.38 Å². The van der Waals surface area contributed by atoms with Gasteiger partial charge in [0, 0.05) is 37.2 Å². The van der Waals surface area contributed by atoms with Gasteiger partial charge in [-0.05, 0) is 25.8 Å². The minimum Gasteiger partial charge on any atom is -0.381 e. The summed E-state index contributed by atoms with van der Waals surface area (Å²) in [7, 11) is 0. The number of halogens is 1. The molecule has 3 rings (SSSR count). The average molecular weight is 305 g/mol. The summed E-state index contributed by atoms with van der Waals surface area (Å²) < 4.78 is 19.3. The summed E-state index contributed by atoms with van der Waals surface area (Å²) in [6, 6.07) is 6.83. The zero-order valence-electron chi connectivity index (χ0n) is 13.1. The van der Waals surface area contributed by atoms with Gasteiger partial charge in [0.05, 0.1) is 13.2 Å². The van der Waals surface area contributed by atoms with Gasteiger partial charge in [-0.3, -0.25) is 0 Å². The molecule has 120 valence electrons. The lowest BCUT2D eigenvalue weighted by molar-refractivity contribution is 0.156. The molecule has 1 aromatic rings. The van der Waals surface area contributed by atoms with E-state index in [1.807, 2.05) is 6.07 Å². The number of hydrogen-bond donors (Lipinski definition) is 1. The van der Waals surface area contributed by atoms with E-state index >= 15 is 0 Å². The van der Waals surface area contributed by atoms with Gasteiger partial charge in [0.25, 0.3) is 0 Å². The van der Waals surface area contributed by atoms with Crippen LogP contribution in [-0.4, -0.2) is 43.7 Å². The summed E-state index contributed by atoms with van der Waals surface area (Å²) in [6.45, 7) is 6.95. The highest BCUT2D eigenvalue weighted by atomic mass is 19.1. The largest absolute Gasteiger partial charge is 0.381 e. The van der Waals surface area contributed by atoms with Crippen LogP contribution in [0.5, 0.6) is 0 Å². The second kappa shape index (κ2) is 6.65. The van der Waals surface area contributed by atoms with Crippen molar-refractivity contribution in [2.45, 2.75) is 26.3 Å². The van der Waals surface area contributed by atoms with Gasteiger partial charge in [0.15, 0.2) is 5.96 Å². The molecule has 22 heavy (non-hydrogen) atoms. The number of nitrogens with zero attached hydrogens (tertiary/aromatic N) is 2. The molecule has 2 saturated heterocycles. The molecular weight excluding hydrogens is 281 g/mol. The second-order valence-corrected chi connectivity index (χ2v) is 6.24. The first-order valence-electron chi connectivity index (χ1n) is 8.07. The lowest BCUT2D eigenvalue weighted by atomic mass is 9.87. The predicted octanol–water partition coefficient (Wildman–Crippen LogP) is 2.40. The van der Waals surface area contributed by atoms with Gasteiger partial charge in [-0.15, -0.1) is 0 Å². The molecule has 0 saturated carbocycles. The number of ether oxygens (including phenoxy) is 1. The molecule has 1 unspecified atom stereocenters. The molecular formula is C17H24FN3O. The Hall–Kier alpha value is -1.62. The van der Waals surface area contributed by atoms with E-state index in [1.165, 1.54) is 6.07 Å². The Morgan fingerprint density at radius 1 is 1.41 bits per heavy atom. The molecule has 2 fully saturated rings. The topological polar surface area (TPSA) is 36.9 Å². The van der Waals surface area contributed by atoms with Crippen molar-refractivity contribution in [3.05, 3.63) is 35.6 Å². The monoisotopic (exact) mass is 305 g/mol. The molecule has 2 aliphatic heterocycles. The van der Waals surface area contributed by atoms with Crippen molar-refractivity contribution < 1.29 is 9.13 Å². The van der Waals surface area contributed by atoms with Gasteiger partial charge in [-0.2, -0.15) is 0 Å². The third-order valence-corrected chi connectivity index (χ3v) is 4.61. The van der Waals surface area contributed by atoms with Crippen molar-refractivity contribution in [3.8, 4) is 0 Å². The molecule has 0 bridgehead atoms. The lowest BCUT2D eigenvalue weighted by Gasteiger charge is -2.25. The lowest BCUT2D eigenvalue weighted by Crippen LogP contribution is -2.41. The van der Waals surface area contributed by atoms with Crippen LogP contribution in [0.4, 0.5) is 4.39 Å². The molecule has 0 amide bonds. The maximum atomic E-state index is 13.7. The third-order valence-electron chi connectivity index (χ3n) is 4.61. The number of aliphatic imine (C=N–C) groups is 1. The Balaban J connectivity index is 1.70. The van der Waals surface area contributed by atoms with Crippen molar-refractivity contribution in [2.24, 2.45) is 10.4 Å². The average Bonchev–Trinajstić information content (AvgIpc) is 3.16. The summed E-state index contributed by atoms with van der Waals surface area (Å²) in [4.78, 5) is 6.92. The maximum absolute atomic E-state index is 13.7. The number of guanidine groups is 1. The van der Waals surface area contributed by atoms with E-state index < -0.39 is 0 Å². The van der Waals surface area contributed by atoms with Gasteiger partial charge in [-0.1, -0.05) is 18.2 Å². The Labute approximate surface area is 131 Å². The van der Waals surface area contributed by atoms with E-state index in [1.54, 1.807) is 12.1 Å². The molecule has 1 aromatic carbocycles. The quantitative estimate of drug-likeness (QED) is 0.688. The predicted molar refractivity (Wildman–Crippen MR) is 85.3 cm³/mol. The number of hydrogen-bond acceptors (Lipinski definition) is 2. The molecule has 5 heteroatoms. The van der Waals surface area contributed by atoms with E-state index in [-0.39, 0.29) is 5.82 Å². The highest BCUT2D eigenvalue weighted by Crippen LogP contribution is 2.38. The van der Waals surface area contributed by atoms with Gasteiger partial charge in [0.1, 0.15) is 5.82 Å². The first kappa shape index (κ1) is 15.3. The Morgan fingerprint density at radius 3 is 3.00 bits per heavy atom. The van der Waals surface area contributed by atoms with Crippen LogP contribution < -0.4 is 5.32 Å². The first-order chi connectivity index (χ1) is 10.7. The first-order valence-corrected chi connectivity index (χ1v) is 8.07. The Morgan fingerprint density at radius 2 is 2.27 bits per heavy atom. The fourth-order valence-corrected chi connectivity index (χ4v) is 3.30. The third kappa shape index (κ3) is 3.24. The molecule has 2 heterocycles. The normalized spacial score (nSPS) is 25.2. The summed E-state index contributed by atoms with van der Waals surface area (Å²) in [5.74, 6) is 0.693. The number of rotatable bonds is 3. The number of likely N-dealkylation sites (tertiary alicyclic amines) is 1. The fraction of sp³-hybridized carbons (Fsp3) is 0.588. The van der Waals surface area contributed by atoms with Crippen LogP contribution in [0, 0.1) is 11.2 Å². The Kier molecular flexibility index (Phi) is 4.62. The maximum Gasteiger partial charge on any atom is 0.194 e. The van der Waals surface area contributed by atoms with Crippen molar-refractivity contribution >= 4 is 5.96 Å². The molecule has 0 aliphatic carbocycles. The Bertz CT molecular complexity index is 540. The van der Waals surface area contributed by atoms with E-state index in [0.29, 0.717) is 17.5 Å². The zero-order valence-corrected chi connectivity index (χ0v) is 13.1. The summed E-state index contributed by atoms with van der Waals surface area (Å²) in [5, 5.41) is 3.33. The van der Waals surface area contributed by atoms with Crippen LogP contribution in [0.3, 0.4) is 0 Å². The minimum atomic E-state index is -0.191. The molecule has 1 atom stereocenters. The highest BCUT2D eigenvalue weighted by Gasteiger charge is 2.42. The molecule has 1 spiro atoms. The highest BCUT2D eigenvalue weighted by molar-refractivity contribution is 5.80. The van der Waals surface area contributed by atoms with E-state index in [9.17, 15) is 4.39 Å². The minimum absolute atomic E-state index is 0.191. The summed E-state index contributed by atoms with van der Waals surface area (Å²) in [5.41, 5.74) is 0.935. The summed E-state index contributed by atoms with van der Waals surface area (Å²) >= 11 is 0. The SMILES string of the molecule is CCNC(=NCc1ccccc1F)N1CCC2(CCOC2)C1. The van der Waals surface area contributed by atoms with Crippen molar-refractivity contribution in [1.29, 1.82) is 0 Å². The van der Waals surface area contributed by atoms with Crippen LogP contribution in [0.2, 0.25) is 0 Å². The van der Waals surface area contributed by atoms with Crippen molar-refractivity contribution in [3.63, 3.8) is 0 Å². The van der Waals surface area contributed by atoms with Gasteiger partial charge < -0.3 is 15.0 Å². The van der Waals surface area contributed by atoms with Gasteiger partial charge in [0.2, 0.25) is 0 Å². The van der Waals surface area contributed by atoms with Crippen LogP contribution in [-0.2, 0) is 11.3 Å².